The van der Waals surface area contributed by atoms with E-state index in [-0.39, 0.29) is 0 Å². The largest absolute Gasteiger partial charge is 0.316 e. The summed E-state index contributed by atoms with van der Waals surface area (Å²) in [6.07, 6.45) is 0. The van der Waals surface area contributed by atoms with Crippen LogP contribution < -0.4 is 10.0 Å². The predicted octanol–water partition coefficient (Wildman–Crippen LogP) is 0.314. The van der Waals surface area contributed by atoms with Gasteiger partial charge in [0.1, 0.15) is 0 Å². The molecule has 5 heteroatoms. The molecule has 0 aliphatic rings. The third kappa shape index (κ3) is 2.54. The lowest BCUT2D eigenvalue weighted by Gasteiger charge is -2.04. The molecule has 0 unspecified atom stereocenters. The first-order chi connectivity index (χ1) is 6.60. The summed E-state index contributed by atoms with van der Waals surface area (Å²) in [6.45, 7) is 0.660. The molecule has 0 amide bonds. The molecular formula is C9H14N2O2S. The van der Waals surface area contributed by atoms with Crippen LogP contribution in [0.5, 0.6) is 0 Å². The van der Waals surface area contributed by atoms with Gasteiger partial charge in [-0.2, -0.15) is 0 Å². The minimum absolute atomic E-state index is 0.299. The summed E-state index contributed by atoms with van der Waals surface area (Å²) in [7, 11) is -0.0952. The SMILES string of the molecule is CNCc1cccc(S(=O)(=O)NC)c1. The van der Waals surface area contributed by atoms with Gasteiger partial charge in [-0.25, -0.2) is 13.1 Å². The second-order valence-corrected chi connectivity index (χ2v) is 4.77. The first-order valence-electron chi connectivity index (χ1n) is 4.27. The third-order valence-electron chi connectivity index (χ3n) is 1.86. The standard InChI is InChI=1S/C9H14N2O2S/c1-10-7-8-4-3-5-9(6-8)14(12,13)11-2/h3-6,10-11H,7H2,1-2H3. The molecule has 0 saturated carbocycles. The quantitative estimate of drug-likeness (QED) is 0.758. The first kappa shape index (κ1) is 11.2. The van der Waals surface area contributed by atoms with E-state index in [9.17, 15) is 8.42 Å². The monoisotopic (exact) mass is 214 g/mol. The second-order valence-electron chi connectivity index (χ2n) is 2.89. The van der Waals surface area contributed by atoms with Gasteiger partial charge in [0.2, 0.25) is 10.0 Å². The highest BCUT2D eigenvalue weighted by Crippen LogP contribution is 2.10. The van der Waals surface area contributed by atoms with E-state index in [1.807, 2.05) is 13.1 Å². The molecule has 0 spiro atoms. The van der Waals surface area contributed by atoms with Gasteiger partial charge >= 0.3 is 0 Å². The molecule has 4 nitrogen and oxygen atoms in total. The summed E-state index contributed by atoms with van der Waals surface area (Å²) in [5.41, 5.74) is 0.948. The van der Waals surface area contributed by atoms with Crippen LogP contribution in [0.1, 0.15) is 5.56 Å². The Labute approximate surface area is 84.4 Å². The predicted molar refractivity (Wildman–Crippen MR) is 55.5 cm³/mol. The Hall–Kier alpha value is -0.910. The Balaban J connectivity index is 3.06. The van der Waals surface area contributed by atoms with Crippen LogP contribution in [0, 0.1) is 0 Å². The number of sulfonamides is 1. The van der Waals surface area contributed by atoms with Crippen molar-refractivity contribution in [3.8, 4) is 0 Å². The van der Waals surface area contributed by atoms with E-state index >= 15 is 0 Å². The summed E-state index contributed by atoms with van der Waals surface area (Å²) >= 11 is 0. The lowest BCUT2D eigenvalue weighted by atomic mass is 10.2. The molecule has 14 heavy (non-hydrogen) atoms. The zero-order valence-corrected chi connectivity index (χ0v) is 9.06. The summed E-state index contributed by atoms with van der Waals surface area (Å²) in [6, 6.07) is 6.84. The molecule has 0 aliphatic carbocycles. The van der Waals surface area contributed by atoms with Crippen LogP contribution in [0.2, 0.25) is 0 Å². The smallest absolute Gasteiger partial charge is 0.240 e. The highest BCUT2D eigenvalue weighted by atomic mass is 32.2. The van der Waals surface area contributed by atoms with Gasteiger partial charge in [-0.1, -0.05) is 12.1 Å². The Bertz CT molecular complexity index is 401. The van der Waals surface area contributed by atoms with Crippen molar-refractivity contribution in [2.24, 2.45) is 0 Å². The average molecular weight is 214 g/mol. The van der Waals surface area contributed by atoms with Crippen LogP contribution in [0.15, 0.2) is 29.2 Å². The van der Waals surface area contributed by atoms with Crippen LogP contribution >= 0.6 is 0 Å². The van der Waals surface area contributed by atoms with Crippen molar-refractivity contribution >= 4 is 10.0 Å². The van der Waals surface area contributed by atoms with E-state index in [1.54, 1.807) is 18.2 Å². The second kappa shape index (κ2) is 4.54. The van der Waals surface area contributed by atoms with E-state index in [1.165, 1.54) is 7.05 Å². The van der Waals surface area contributed by atoms with Crippen LogP contribution in [0.3, 0.4) is 0 Å². The zero-order chi connectivity index (χ0) is 10.6. The van der Waals surface area contributed by atoms with Crippen LogP contribution in [-0.4, -0.2) is 22.5 Å². The summed E-state index contributed by atoms with van der Waals surface area (Å²) < 4.78 is 25.1. The van der Waals surface area contributed by atoms with Crippen molar-refractivity contribution in [2.75, 3.05) is 14.1 Å². The molecule has 78 valence electrons. The van der Waals surface area contributed by atoms with Crippen molar-refractivity contribution in [1.82, 2.24) is 10.0 Å². The van der Waals surface area contributed by atoms with Crippen LogP contribution in [-0.2, 0) is 16.6 Å². The van der Waals surface area contributed by atoms with E-state index < -0.39 is 10.0 Å². The fourth-order valence-electron chi connectivity index (χ4n) is 1.14. The normalized spacial score (nSPS) is 11.6. The molecule has 0 aliphatic heterocycles. The highest BCUT2D eigenvalue weighted by molar-refractivity contribution is 7.89. The van der Waals surface area contributed by atoms with Crippen molar-refractivity contribution in [3.63, 3.8) is 0 Å². The van der Waals surface area contributed by atoms with E-state index in [2.05, 4.69) is 10.0 Å². The van der Waals surface area contributed by atoms with Crippen molar-refractivity contribution in [3.05, 3.63) is 29.8 Å². The van der Waals surface area contributed by atoms with Crippen molar-refractivity contribution in [1.29, 1.82) is 0 Å². The first-order valence-corrected chi connectivity index (χ1v) is 5.75. The lowest BCUT2D eigenvalue weighted by Crippen LogP contribution is -2.18. The molecule has 1 aromatic rings. The van der Waals surface area contributed by atoms with E-state index in [0.29, 0.717) is 11.4 Å². The maximum atomic E-state index is 11.4. The number of benzene rings is 1. The van der Waals surface area contributed by atoms with Gasteiger partial charge in [-0.3, -0.25) is 0 Å². The Morgan fingerprint density at radius 1 is 1.29 bits per heavy atom. The lowest BCUT2D eigenvalue weighted by molar-refractivity contribution is 0.588. The maximum absolute atomic E-state index is 11.4. The molecule has 0 bridgehead atoms. The molecule has 0 radical (unpaired) electrons. The van der Waals surface area contributed by atoms with Gasteiger partial charge < -0.3 is 5.32 Å². The van der Waals surface area contributed by atoms with Gasteiger partial charge in [-0.05, 0) is 31.8 Å². The van der Waals surface area contributed by atoms with Gasteiger partial charge in [0.15, 0.2) is 0 Å². The molecule has 0 fully saturated rings. The summed E-state index contributed by atoms with van der Waals surface area (Å²) in [5, 5.41) is 2.97. The van der Waals surface area contributed by atoms with E-state index in [0.717, 1.165) is 5.56 Å². The van der Waals surface area contributed by atoms with Gasteiger partial charge in [-0.15, -0.1) is 0 Å². The Kier molecular flexibility index (Phi) is 3.62. The fourth-order valence-corrected chi connectivity index (χ4v) is 1.94. The number of hydrogen-bond acceptors (Lipinski definition) is 3. The third-order valence-corrected chi connectivity index (χ3v) is 3.27. The molecule has 0 heterocycles. The van der Waals surface area contributed by atoms with Crippen molar-refractivity contribution < 1.29 is 8.42 Å². The molecule has 2 N–H and O–H groups in total. The number of nitrogens with one attached hydrogen (secondary N) is 2. The van der Waals surface area contributed by atoms with Crippen LogP contribution in [0.25, 0.3) is 0 Å². The highest BCUT2D eigenvalue weighted by Gasteiger charge is 2.10. The Morgan fingerprint density at radius 2 is 2.00 bits per heavy atom. The van der Waals surface area contributed by atoms with Crippen LogP contribution in [0.4, 0.5) is 0 Å². The van der Waals surface area contributed by atoms with Crippen molar-refractivity contribution in [2.45, 2.75) is 11.4 Å². The Morgan fingerprint density at radius 3 is 2.57 bits per heavy atom. The average Bonchev–Trinajstić information content (AvgIpc) is 2.19. The van der Waals surface area contributed by atoms with Gasteiger partial charge in [0.25, 0.3) is 0 Å². The minimum atomic E-state index is -3.32. The van der Waals surface area contributed by atoms with E-state index in [4.69, 9.17) is 0 Å². The maximum Gasteiger partial charge on any atom is 0.240 e. The molecule has 1 rings (SSSR count). The number of hydrogen-bond donors (Lipinski definition) is 2. The summed E-state index contributed by atoms with van der Waals surface area (Å²) in [5.74, 6) is 0. The molecule has 1 aromatic carbocycles. The minimum Gasteiger partial charge on any atom is -0.316 e. The molecule has 0 atom stereocenters. The number of rotatable bonds is 4. The molecule has 0 aromatic heterocycles. The summed E-state index contributed by atoms with van der Waals surface area (Å²) in [4.78, 5) is 0.299. The van der Waals surface area contributed by atoms with Gasteiger partial charge in [0, 0.05) is 6.54 Å². The molecule has 0 saturated heterocycles. The fraction of sp³-hybridized carbons (Fsp3) is 0.333. The molecular weight excluding hydrogens is 200 g/mol. The zero-order valence-electron chi connectivity index (χ0n) is 8.24. The topological polar surface area (TPSA) is 58.2 Å². The van der Waals surface area contributed by atoms with Gasteiger partial charge in [0.05, 0.1) is 4.90 Å².